The molecule has 0 aromatic rings. The fraction of sp³-hybridized carbons (Fsp3) is 0.857. The summed E-state index contributed by atoms with van der Waals surface area (Å²) >= 11 is 1.65. The van der Waals surface area contributed by atoms with E-state index < -0.39 is 17.6 Å². The first-order valence-corrected chi connectivity index (χ1v) is 5.06. The van der Waals surface area contributed by atoms with Gasteiger partial charge in [-0.1, -0.05) is 0 Å². The number of amides is 1. The second kappa shape index (κ2) is 3.64. The van der Waals surface area contributed by atoms with E-state index in [0.717, 1.165) is 12.2 Å². The predicted octanol–water partition coefficient (Wildman–Crippen LogP) is -0.943. The van der Waals surface area contributed by atoms with Crippen LogP contribution < -0.4 is 11.5 Å². The highest BCUT2D eigenvalue weighted by molar-refractivity contribution is 7.99. The maximum Gasteiger partial charge on any atom is 0.248 e. The van der Waals surface area contributed by atoms with E-state index in [-0.39, 0.29) is 0 Å². The monoisotopic (exact) mass is 190 g/mol. The summed E-state index contributed by atoms with van der Waals surface area (Å²) in [6, 6.07) is 0. The summed E-state index contributed by atoms with van der Waals surface area (Å²) in [5.74, 6) is 0.932. The number of thioether (sulfide) groups is 1. The fourth-order valence-electron chi connectivity index (χ4n) is 1.34. The van der Waals surface area contributed by atoms with E-state index in [9.17, 15) is 9.90 Å². The van der Waals surface area contributed by atoms with Gasteiger partial charge >= 0.3 is 0 Å². The van der Waals surface area contributed by atoms with Gasteiger partial charge in [0.1, 0.15) is 0 Å². The molecule has 1 aliphatic heterocycles. The highest BCUT2D eigenvalue weighted by Gasteiger charge is 2.38. The number of hydrogen-bond acceptors (Lipinski definition) is 4. The van der Waals surface area contributed by atoms with Crippen LogP contribution in [0.1, 0.15) is 12.8 Å². The maximum atomic E-state index is 10.7. The molecule has 1 rings (SSSR count). The molecule has 0 spiro atoms. The molecule has 4 nitrogen and oxygen atoms in total. The van der Waals surface area contributed by atoms with Gasteiger partial charge in [-0.05, 0) is 18.6 Å². The van der Waals surface area contributed by atoms with Crippen molar-refractivity contribution in [3.63, 3.8) is 0 Å². The van der Waals surface area contributed by atoms with Crippen molar-refractivity contribution >= 4 is 17.7 Å². The van der Waals surface area contributed by atoms with Crippen LogP contribution in [0.4, 0.5) is 0 Å². The number of nitrogens with two attached hydrogens (primary N) is 2. The van der Waals surface area contributed by atoms with Crippen molar-refractivity contribution in [3.05, 3.63) is 0 Å². The molecule has 5 N–H and O–H groups in total. The molecule has 0 saturated carbocycles. The molecule has 70 valence electrons. The van der Waals surface area contributed by atoms with E-state index in [0.29, 0.717) is 12.2 Å². The molecular weight excluding hydrogens is 176 g/mol. The zero-order valence-corrected chi connectivity index (χ0v) is 7.64. The number of primary amides is 1. The molecule has 2 atom stereocenters. The van der Waals surface area contributed by atoms with Crippen molar-refractivity contribution in [1.29, 1.82) is 0 Å². The maximum absolute atomic E-state index is 10.7. The number of rotatable bonds is 2. The summed E-state index contributed by atoms with van der Waals surface area (Å²) in [6.07, 6.45) is 0.403. The Bertz CT molecular complexity index is 180. The first kappa shape index (κ1) is 9.83. The van der Waals surface area contributed by atoms with Gasteiger partial charge in [0.25, 0.3) is 0 Å². The van der Waals surface area contributed by atoms with Crippen molar-refractivity contribution in [1.82, 2.24) is 0 Å². The van der Waals surface area contributed by atoms with Gasteiger partial charge in [-0.3, -0.25) is 4.79 Å². The lowest BCUT2D eigenvalue weighted by Gasteiger charge is -2.35. The van der Waals surface area contributed by atoms with Crippen LogP contribution in [0.5, 0.6) is 0 Å². The number of carbonyl (C=O) groups is 1. The van der Waals surface area contributed by atoms with Crippen LogP contribution in [-0.4, -0.2) is 34.2 Å². The number of aliphatic hydroxyl groups excluding tert-OH is 1. The van der Waals surface area contributed by atoms with Gasteiger partial charge in [0.15, 0.2) is 6.10 Å². The Morgan fingerprint density at radius 2 is 2.33 bits per heavy atom. The first-order chi connectivity index (χ1) is 5.56. The lowest BCUT2D eigenvalue weighted by molar-refractivity contribution is -0.129. The number of aliphatic hydroxyl groups is 1. The third-order valence-electron chi connectivity index (χ3n) is 2.12. The van der Waals surface area contributed by atoms with E-state index in [1.807, 2.05) is 0 Å². The van der Waals surface area contributed by atoms with Crippen LogP contribution in [0.15, 0.2) is 0 Å². The van der Waals surface area contributed by atoms with Crippen molar-refractivity contribution in [2.45, 2.75) is 24.5 Å². The molecule has 12 heavy (non-hydrogen) atoms. The minimum absolute atomic E-state index is 0.608. The Labute approximate surface area is 75.7 Å². The lowest BCUT2D eigenvalue weighted by atomic mass is 9.90. The van der Waals surface area contributed by atoms with Gasteiger partial charge in [-0.25, -0.2) is 0 Å². The summed E-state index contributed by atoms with van der Waals surface area (Å²) in [5, 5.41) is 9.40. The highest BCUT2D eigenvalue weighted by Crippen LogP contribution is 2.27. The summed E-state index contributed by atoms with van der Waals surface area (Å²) in [6.45, 7) is 0. The van der Waals surface area contributed by atoms with Crippen LogP contribution in [0.2, 0.25) is 0 Å². The predicted molar refractivity (Wildman–Crippen MR) is 48.7 cm³/mol. The van der Waals surface area contributed by atoms with E-state index in [4.69, 9.17) is 11.5 Å². The normalized spacial score (nSPS) is 32.8. The number of carbonyl (C=O) groups excluding carboxylic acids is 1. The third-order valence-corrected chi connectivity index (χ3v) is 3.43. The molecule has 1 heterocycles. The Morgan fingerprint density at radius 3 is 2.75 bits per heavy atom. The van der Waals surface area contributed by atoms with Gasteiger partial charge in [0, 0.05) is 5.75 Å². The van der Waals surface area contributed by atoms with E-state index in [1.165, 1.54) is 0 Å². The van der Waals surface area contributed by atoms with Crippen molar-refractivity contribution in [2.24, 2.45) is 11.5 Å². The highest BCUT2D eigenvalue weighted by atomic mass is 32.2. The molecule has 1 saturated heterocycles. The van der Waals surface area contributed by atoms with Gasteiger partial charge in [-0.2, -0.15) is 11.8 Å². The quantitative estimate of drug-likeness (QED) is 0.524. The van der Waals surface area contributed by atoms with Crippen LogP contribution in [0.3, 0.4) is 0 Å². The molecule has 0 radical (unpaired) electrons. The standard InChI is InChI=1S/C7H14N2O2S/c8-6(11)5(10)7(9)2-1-3-12-4-7/h5,10H,1-4,9H2,(H2,8,11). The Balaban J connectivity index is 2.62. The van der Waals surface area contributed by atoms with Crippen LogP contribution in [0.25, 0.3) is 0 Å². The zero-order valence-electron chi connectivity index (χ0n) is 6.82. The summed E-state index contributed by atoms with van der Waals surface area (Å²) in [5.41, 5.74) is 10.0. The Morgan fingerprint density at radius 1 is 1.67 bits per heavy atom. The fourth-order valence-corrected chi connectivity index (χ4v) is 2.51. The van der Waals surface area contributed by atoms with Crippen molar-refractivity contribution in [3.8, 4) is 0 Å². The zero-order chi connectivity index (χ0) is 9.19. The molecule has 5 heteroatoms. The van der Waals surface area contributed by atoms with Gasteiger partial charge in [-0.15, -0.1) is 0 Å². The molecule has 2 unspecified atom stereocenters. The average Bonchev–Trinajstić information content (AvgIpc) is 2.04. The van der Waals surface area contributed by atoms with E-state index in [1.54, 1.807) is 11.8 Å². The van der Waals surface area contributed by atoms with Gasteiger partial charge < -0.3 is 16.6 Å². The lowest BCUT2D eigenvalue weighted by Crippen LogP contribution is -2.59. The second-order valence-electron chi connectivity index (χ2n) is 3.19. The number of hydrogen-bond donors (Lipinski definition) is 3. The van der Waals surface area contributed by atoms with Crippen LogP contribution in [0, 0.1) is 0 Å². The molecular formula is C7H14N2O2S. The second-order valence-corrected chi connectivity index (χ2v) is 4.30. The van der Waals surface area contributed by atoms with Crippen molar-refractivity contribution in [2.75, 3.05) is 11.5 Å². The topological polar surface area (TPSA) is 89.3 Å². The third kappa shape index (κ3) is 1.91. The minimum Gasteiger partial charge on any atom is -0.381 e. The molecule has 1 fully saturated rings. The van der Waals surface area contributed by atoms with E-state index >= 15 is 0 Å². The summed E-state index contributed by atoms with van der Waals surface area (Å²) in [7, 11) is 0. The van der Waals surface area contributed by atoms with Crippen LogP contribution >= 0.6 is 11.8 Å². The Kier molecular flexibility index (Phi) is 2.98. The largest absolute Gasteiger partial charge is 0.381 e. The van der Waals surface area contributed by atoms with Crippen LogP contribution in [-0.2, 0) is 4.79 Å². The Hall–Kier alpha value is -0.260. The average molecular weight is 190 g/mol. The first-order valence-electron chi connectivity index (χ1n) is 3.90. The molecule has 1 aliphatic rings. The summed E-state index contributed by atoms with van der Waals surface area (Å²) in [4.78, 5) is 10.7. The molecule has 0 aliphatic carbocycles. The van der Waals surface area contributed by atoms with Gasteiger partial charge in [0.05, 0.1) is 5.54 Å². The molecule has 0 bridgehead atoms. The van der Waals surface area contributed by atoms with Crippen molar-refractivity contribution < 1.29 is 9.90 Å². The molecule has 0 aromatic heterocycles. The molecule has 1 amide bonds. The minimum atomic E-state index is -1.20. The van der Waals surface area contributed by atoms with Gasteiger partial charge in [0.2, 0.25) is 5.91 Å². The smallest absolute Gasteiger partial charge is 0.248 e. The summed E-state index contributed by atoms with van der Waals surface area (Å²) < 4.78 is 0. The van der Waals surface area contributed by atoms with E-state index in [2.05, 4.69) is 0 Å². The SMILES string of the molecule is NC(=O)C(O)C1(N)CCCSC1. The molecule has 0 aromatic carbocycles.